The number of rotatable bonds is 6. The van der Waals surface area contributed by atoms with Crippen LogP contribution in [0.1, 0.15) is 42.2 Å². The summed E-state index contributed by atoms with van der Waals surface area (Å²) in [5, 5.41) is 2.45. The minimum absolute atomic E-state index is 0.348. The minimum Gasteiger partial charge on any atom is -0.461 e. The van der Waals surface area contributed by atoms with Crippen LogP contribution in [0.15, 0.2) is 5.38 Å². The molecule has 0 amide bonds. The quantitative estimate of drug-likeness (QED) is 0.777. The molecular formula is C11H18N2O2S. The summed E-state index contributed by atoms with van der Waals surface area (Å²) in [6.45, 7) is 5.02. The van der Waals surface area contributed by atoms with Gasteiger partial charge in [-0.15, -0.1) is 11.3 Å². The van der Waals surface area contributed by atoms with Gasteiger partial charge in [-0.3, -0.25) is 0 Å². The van der Waals surface area contributed by atoms with Crippen molar-refractivity contribution in [3.8, 4) is 0 Å². The number of ether oxygens (including phenoxy) is 1. The van der Waals surface area contributed by atoms with Crippen LogP contribution in [0.25, 0.3) is 0 Å². The summed E-state index contributed by atoms with van der Waals surface area (Å²) in [6, 6.07) is 0. The smallest absolute Gasteiger partial charge is 0.357 e. The number of aromatic nitrogens is 1. The van der Waals surface area contributed by atoms with E-state index in [1.807, 2.05) is 0 Å². The molecule has 0 aliphatic rings. The van der Waals surface area contributed by atoms with Gasteiger partial charge in [-0.1, -0.05) is 20.3 Å². The number of nitrogens with two attached hydrogens (primary N) is 1. The molecule has 90 valence electrons. The number of hydrogen-bond donors (Lipinski definition) is 1. The summed E-state index contributed by atoms with van der Waals surface area (Å²) in [5.41, 5.74) is 5.79. The Morgan fingerprint density at radius 3 is 3.00 bits per heavy atom. The van der Waals surface area contributed by atoms with Crippen LogP contribution < -0.4 is 5.73 Å². The topological polar surface area (TPSA) is 65.2 Å². The first kappa shape index (κ1) is 13.1. The predicted octanol–water partition coefficient (Wildman–Crippen LogP) is 2.19. The lowest BCUT2D eigenvalue weighted by Crippen LogP contribution is -2.12. The highest BCUT2D eigenvalue weighted by Gasteiger charge is 2.12. The van der Waals surface area contributed by atoms with E-state index in [9.17, 15) is 4.79 Å². The summed E-state index contributed by atoms with van der Waals surface area (Å²) in [4.78, 5) is 15.6. The number of carbonyl (C=O) groups is 1. The molecule has 0 radical (unpaired) electrons. The second kappa shape index (κ2) is 6.60. The maximum Gasteiger partial charge on any atom is 0.357 e. The van der Waals surface area contributed by atoms with Gasteiger partial charge in [0.2, 0.25) is 0 Å². The summed E-state index contributed by atoms with van der Waals surface area (Å²) in [7, 11) is 0. The van der Waals surface area contributed by atoms with Gasteiger partial charge in [-0.2, -0.15) is 0 Å². The Bertz CT molecular complexity index is 338. The number of esters is 1. The van der Waals surface area contributed by atoms with Crippen molar-refractivity contribution >= 4 is 17.3 Å². The molecule has 4 nitrogen and oxygen atoms in total. The number of hydrogen-bond acceptors (Lipinski definition) is 5. The van der Waals surface area contributed by atoms with E-state index < -0.39 is 0 Å². The molecule has 0 bridgehead atoms. The largest absolute Gasteiger partial charge is 0.461 e. The first-order chi connectivity index (χ1) is 7.67. The summed E-state index contributed by atoms with van der Waals surface area (Å²) in [6.07, 6.45) is 2.17. The van der Waals surface area contributed by atoms with Crippen LogP contribution in [0.3, 0.4) is 0 Å². The third-order valence-electron chi connectivity index (χ3n) is 2.22. The molecule has 16 heavy (non-hydrogen) atoms. The van der Waals surface area contributed by atoms with Crippen molar-refractivity contribution in [2.75, 3.05) is 6.61 Å². The van der Waals surface area contributed by atoms with Gasteiger partial charge in [0.1, 0.15) is 5.01 Å². The maximum atomic E-state index is 11.6. The Hall–Kier alpha value is -0.940. The van der Waals surface area contributed by atoms with E-state index in [2.05, 4.69) is 18.8 Å². The fourth-order valence-corrected chi connectivity index (χ4v) is 2.01. The van der Waals surface area contributed by atoms with E-state index in [0.717, 1.165) is 17.8 Å². The second-order valence-corrected chi connectivity index (χ2v) is 4.77. The highest BCUT2D eigenvalue weighted by molar-refractivity contribution is 7.09. The van der Waals surface area contributed by atoms with Crippen molar-refractivity contribution in [2.45, 2.75) is 33.2 Å². The Balaban J connectivity index is 2.40. The SMILES string of the molecule is CCCC(C)COC(=O)c1csc(CN)n1. The zero-order chi connectivity index (χ0) is 12.0. The van der Waals surface area contributed by atoms with E-state index in [4.69, 9.17) is 10.5 Å². The molecule has 5 heteroatoms. The van der Waals surface area contributed by atoms with E-state index in [1.54, 1.807) is 5.38 Å². The molecule has 1 unspecified atom stereocenters. The lowest BCUT2D eigenvalue weighted by molar-refractivity contribution is 0.0437. The lowest BCUT2D eigenvalue weighted by Gasteiger charge is -2.09. The standard InChI is InChI=1S/C11H18N2O2S/c1-3-4-8(2)6-15-11(14)9-7-16-10(5-12)13-9/h7-8H,3-6,12H2,1-2H3. The van der Waals surface area contributed by atoms with Crippen LogP contribution in [0.4, 0.5) is 0 Å². The molecule has 1 atom stereocenters. The first-order valence-electron chi connectivity index (χ1n) is 5.49. The molecule has 0 spiro atoms. The molecule has 0 saturated heterocycles. The molecule has 0 fully saturated rings. The Morgan fingerprint density at radius 2 is 2.44 bits per heavy atom. The molecule has 1 heterocycles. The van der Waals surface area contributed by atoms with Gasteiger partial charge in [0.15, 0.2) is 5.69 Å². The van der Waals surface area contributed by atoms with E-state index in [0.29, 0.717) is 24.8 Å². The van der Waals surface area contributed by atoms with Gasteiger partial charge in [0.05, 0.1) is 6.61 Å². The van der Waals surface area contributed by atoms with Crippen molar-refractivity contribution < 1.29 is 9.53 Å². The molecule has 0 saturated carbocycles. The van der Waals surface area contributed by atoms with Crippen LogP contribution in [0.2, 0.25) is 0 Å². The maximum absolute atomic E-state index is 11.6. The van der Waals surface area contributed by atoms with E-state index >= 15 is 0 Å². The van der Waals surface area contributed by atoms with Gasteiger partial charge in [0, 0.05) is 11.9 Å². The lowest BCUT2D eigenvalue weighted by atomic mass is 10.1. The molecule has 2 N–H and O–H groups in total. The molecule has 1 rings (SSSR count). The normalized spacial score (nSPS) is 12.4. The molecule has 0 aliphatic carbocycles. The van der Waals surface area contributed by atoms with Crippen molar-refractivity contribution in [1.29, 1.82) is 0 Å². The van der Waals surface area contributed by atoms with Crippen LogP contribution in [0.5, 0.6) is 0 Å². The van der Waals surface area contributed by atoms with Gasteiger partial charge in [-0.05, 0) is 12.3 Å². The average Bonchev–Trinajstić information content (AvgIpc) is 2.75. The van der Waals surface area contributed by atoms with Crippen LogP contribution >= 0.6 is 11.3 Å². The van der Waals surface area contributed by atoms with Gasteiger partial charge in [-0.25, -0.2) is 9.78 Å². The zero-order valence-corrected chi connectivity index (χ0v) is 10.5. The summed E-state index contributed by atoms with van der Waals surface area (Å²) >= 11 is 1.39. The van der Waals surface area contributed by atoms with Gasteiger partial charge in [0.25, 0.3) is 0 Å². The third kappa shape index (κ3) is 3.90. The number of carbonyl (C=O) groups excluding carboxylic acids is 1. The number of nitrogens with zero attached hydrogens (tertiary/aromatic N) is 1. The van der Waals surface area contributed by atoms with Crippen LogP contribution in [0, 0.1) is 5.92 Å². The first-order valence-corrected chi connectivity index (χ1v) is 6.37. The van der Waals surface area contributed by atoms with Crippen molar-refractivity contribution in [1.82, 2.24) is 4.98 Å². The van der Waals surface area contributed by atoms with Crippen LogP contribution in [-0.4, -0.2) is 17.6 Å². The van der Waals surface area contributed by atoms with Gasteiger partial charge < -0.3 is 10.5 Å². The number of thiazole rings is 1. The monoisotopic (exact) mass is 242 g/mol. The minimum atomic E-state index is -0.348. The van der Waals surface area contributed by atoms with Gasteiger partial charge >= 0.3 is 5.97 Å². The highest BCUT2D eigenvalue weighted by Crippen LogP contribution is 2.11. The fourth-order valence-electron chi connectivity index (χ4n) is 1.37. The molecule has 0 aliphatic heterocycles. The molecule has 1 aromatic heterocycles. The van der Waals surface area contributed by atoms with Crippen LogP contribution in [-0.2, 0) is 11.3 Å². The molecular weight excluding hydrogens is 224 g/mol. The van der Waals surface area contributed by atoms with E-state index in [1.165, 1.54) is 11.3 Å². The van der Waals surface area contributed by atoms with Crippen molar-refractivity contribution in [3.63, 3.8) is 0 Å². The Morgan fingerprint density at radius 1 is 1.69 bits per heavy atom. The summed E-state index contributed by atoms with van der Waals surface area (Å²) < 4.78 is 5.16. The third-order valence-corrected chi connectivity index (χ3v) is 3.09. The second-order valence-electron chi connectivity index (χ2n) is 3.82. The van der Waals surface area contributed by atoms with Crippen molar-refractivity contribution in [3.05, 3.63) is 16.1 Å². The highest BCUT2D eigenvalue weighted by atomic mass is 32.1. The van der Waals surface area contributed by atoms with Crippen molar-refractivity contribution in [2.24, 2.45) is 11.7 Å². The zero-order valence-electron chi connectivity index (χ0n) is 9.73. The summed E-state index contributed by atoms with van der Waals surface area (Å²) in [5.74, 6) is 0.0560. The van der Waals surface area contributed by atoms with E-state index in [-0.39, 0.29) is 5.97 Å². The molecule has 0 aromatic carbocycles. The Kier molecular flexibility index (Phi) is 5.42. The fraction of sp³-hybridized carbons (Fsp3) is 0.636. The average molecular weight is 242 g/mol. The molecule has 1 aromatic rings. The predicted molar refractivity (Wildman–Crippen MR) is 64.4 cm³/mol. The Labute approximate surface area is 99.8 Å².